The summed E-state index contributed by atoms with van der Waals surface area (Å²) in [5.74, 6) is 2.00. The molecule has 0 unspecified atom stereocenters. The number of aromatic nitrogens is 3. The van der Waals surface area contributed by atoms with E-state index in [-0.39, 0.29) is 10.8 Å². The van der Waals surface area contributed by atoms with Gasteiger partial charge in [0.05, 0.1) is 0 Å². The van der Waals surface area contributed by atoms with Crippen molar-refractivity contribution in [3.05, 3.63) is 163 Å². The van der Waals surface area contributed by atoms with Gasteiger partial charge in [0.15, 0.2) is 17.5 Å². The van der Waals surface area contributed by atoms with Gasteiger partial charge in [-0.05, 0) is 90.0 Å². The quantitative estimate of drug-likeness (QED) is 0.192. The van der Waals surface area contributed by atoms with E-state index in [1.54, 1.807) is 0 Å². The van der Waals surface area contributed by atoms with E-state index in [0.29, 0.717) is 17.5 Å². The Bertz CT molecular complexity index is 2600. The first-order chi connectivity index (χ1) is 24.3. The van der Waals surface area contributed by atoms with Crippen LogP contribution in [-0.4, -0.2) is 15.0 Å². The number of nitrogens with zero attached hydrogens (tertiary/aromatic N) is 3. The highest BCUT2D eigenvalue weighted by Crippen LogP contribution is 2.54. The van der Waals surface area contributed by atoms with Gasteiger partial charge in [-0.3, -0.25) is 0 Å². The fourth-order valence-corrected chi connectivity index (χ4v) is 7.66. The van der Waals surface area contributed by atoms with Gasteiger partial charge in [-0.1, -0.05) is 155 Å². The maximum Gasteiger partial charge on any atom is 0.164 e. The van der Waals surface area contributed by atoms with Crippen LogP contribution in [0.2, 0.25) is 0 Å². The molecule has 8 aromatic rings. The van der Waals surface area contributed by atoms with Gasteiger partial charge >= 0.3 is 0 Å². The monoisotopic (exact) mass is 643 g/mol. The molecular weight excluding hydrogens is 607 g/mol. The van der Waals surface area contributed by atoms with Crippen molar-refractivity contribution in [1.29, 1.82) is 0 Å². The van der Waals surface area contributed by atoms with Crippen LogP contribution in [0.1, 0.15) is 38.8 Å². The highest BCUT2D eigenvalue weighted by molar-refractivity contribution is 5.91. The first kappa shape index (κ1) is 30.2. The van der Waals surface area contributed by atoms with E-state index in [0.717, 1.165) is 27.5 Å². The lowest BCUT2D eigenvalue weighted by Gasteiger charge is -2.48. The van der Waals surface area contributed by atoms with E-state index in [4.69, 9.17) is 15.0 Å². The Morgan fingerprint density at radius 3 is 1.44 bits per heavy atom. The van der Waals surface area contributed by atoms with E-state index in [2.05, 4.69) is 179 Å². The van der Waals surface area contributed by atoms with Gasteiger partial charge in [0.25, 0.3) is 0 Å². The molecule has 9 rings (SSSR count). The number of hydrogen-bond donors (Lipinski definition) is 0. The maximum absolute atomic E-state index is 5.19. The summed E-state index contributed by atoms with van der Waals surface area (Å²) < 4.78 is 0. The van der Waals surface area contributed by atoms with Crippen molar-refractivity contribution in [1.82, 2.24) is 15.0 Å². The average Bonchev–Trinajstić information content (AvgIpc) is 3.16. The van der Waals surface area contributed by atoms with Crippen LogP contribution in [0, 0.1) is 0 Å². The second kappa shape index (κ2) is 11.3. The van der Waals surface area contributed by atoms with Crippen molar-refractivity contribution in [3.63, 3.8) is 0 Å². The van der Waals surface area contributed by atoms with Crippen LogP contribution >= 0.6 is 0 Å². The Labute approximate surface area is 293 Å². The third-order valence-corrected chi connectivity index (χ3v) is 11.3. The largest absolute Gasteiger partial charge is 0.208 e. The summed E-state index contributed by atoms with van der Waals surface area (Å²) in [4.78, 5) is 15.5. The molecule has 1 aromatic heterocycles. The third kappa shape index (κ3) is 4.84. The molecule has 0 saturated carbocycles. The number of hydrogen-bond acceptors (Lipinski definition) is 3. The molecular formula is C47H37N3. The first-order valence-corrected chi connectivity index (χ1v) is 17.4. The van der Waals surface area contributed by atoms with Crippen LogP contribution in [0.25, 0.3) is 78.0 Å². The zero-order valence-corrected chi connectivity index (χ0v) is 28.8. The van der Waals surface area contributed by atoms with Gasteiger partial charge in [-0.25, -0.2) is 15.0 Å². The van der Waals surface area contributed by atoms with Crippen LogP contribution in [0.4, 0.5) is 0 Å². The Hall–Kier alpha value is -5.93. The standard InChI is InChI=1S/C47H37N3/c1-46(2)41-17-11-10-16-39(41)40-25-24-38(29-42(40)47(46,3)4)45-49-43(36-22-18-31-14-8-9-15-32(31)27-36)48-44(50-45)37-23-21-34-26-33(19-20-35(34)28-37)30-12-6-5-7-13-30/h5-29H,1-4H3. The van der Waals surface area contributed by atoms with Crippen LogP contribution in [-0.2, 0) is 10.8 Å². The smallest absolute Gasteiger partial charge is 0.164 e. The maximum atomic E-state index is 5.19. The average molecular weight is 644 g/mol. The number of rotatable bonds is 4. The molecule has 1 aliphatic carbocycles. The zero-order chi connectivity index (χ0) is 34.0. The topological polar surface area (TPSA) is 38.7 Å². The molecule has 0 aliphatic heterocycles. The van der Waals surface area contributed by atoms with Gasteiger partial charge in [-0.15, -0.1) is 0 Å². The van der Waals surface area contributed by atoms with Crippen molar-refractivity contribution in [2.45, 2.75) is 38.5 Å². The fourth-order valence-electron chi connectivity index (χ4n) is 7.66. The van der Waals surface area contributed by atoms with Crippen LogP contribution < -0.4 is 0 Å². The number of benzene rings is 7. The van der Waals surface area contributed by atoms with E-state index in [9.17, 15) is 0 Å². The highest BCUT2D eigenvalue weighted by Gasteiger charge is 2.45. The Morgan fingerprint density at radius 1 is 0.320 bits per heavy atom. The van der Waals surface area contributed by atoms with Gasteiger partial charge < -0.3 is 0 Å². The molecule has 0 radical (unpaired) electrons. The lowest BCUT2D eigenvalue weighted by molar-refractivity contribution is 0.299. The minimum Gasteiger partial charge on any atom is -0.208 e. The molecule has 0 atom stereocenters. The van der Waals surface area contributed by atoms with Gasteiger partial charge in [0.2, 0.25) is 0 Å². The zero-order valence-electron chi connectivity index (χ0n) is 28.8. The molecule has 1 aliphatic rings. The predicted molar refractivity (Wildman–Crippen MR) is 208 cm³/mol. The van der Waals surface area contributed by atoms with Crippen LogP contribution in [0.5, 0.6) is 0 Å². The Morgan fingerprint density at radius 2 is 0.760 bits per heavy atom. The molecule has 240 valence electrons. The summed E-state index contributed by atoms with van der Waals surface area (Å²) in [5, 5.41) is 4.67. The molecule has 1 heterocycles. The molecule has 3 nitrogen and oxygen atoms in total. The minimum atomic E-state index is -0.124. The summed E-state index contributed by atoms with van der Waals surface area (Å²) >= 11 is 0. The van der Waals surface area contributed by atoms with Crippen LogP contribution in [0.3, 0.4) is 0 Å². The SMILES string of the molecule is CC1(C)c2ccccc2-c2ccc(-c3nc(-c4ccc5ccccc5c4)nc(-c4ccc5cc(-c6ccccc6)ccc5c4)n3)cc2C1(C)C. The molecule has 0 bridgehead atoms. The molecule has 0 N–H and O–H groups in total. The van der Waals surface area contributed by atoms with Gasteiger partial charge in [0, 0.05) is 16.7 Å². The Balaban J connectivity index is 1.21. The predicted octanol–water partition coefficient (Wildman–Crippen LogP) is 12.1. The molecule has 0 amide bonds. The van der Waals surface area contributed by atoms with E-state index < -0.39 is 0 Å². The highest BCUT2D eigenvalue weighted by atomic mass is 15.0. The van der Waals surface area contributed by atoms with Crippen molar-refractivity contribution < 1.29 is 0 Å². The first-order valence-electron chi connectivity index (χ1n) is 17.4. The Kier molecular flexibility index (Phi) is 6.82. The van der Waals surface area contributed by atoms with Crippen molar-refractivity contribution in [2.24, 2.45) is 0 Å². The lowest BCUT2D eigenvalue weighted by Crippen LogP contribution is -2.43. The second-order valence-electron chi connectivity index (χ2n) is 14.6. The summed E-state index contributed by atoms with van der Waals surface area (Å²) in [6.07, 6.45) is 0. The summed E-state index contributed by atoms with van der Waals surface area (Å²) in [7, 11) is 0. The molecule has 50 heavy (non-hydrogen) atoms. The minimum absolute atomic E-state index is 0.0683. The van der Waals surface area contributed by atoms with E-state index in [1.807, 2.05) is 0 Å². The summed E-state index contributed by atoms with van der Waals surface area (Å²) in [5.41, 5.74) is 10.4. The third-order valence-electron chi connectivity index (χ3n) is 11.3. The van der Waals surface area contributed by atoms with Gasteiger partial charge in [0.1, 0.15) is 0 Å². The molecule has 0 saturated heterocycles. The second-order valence-corrected chi connectivity index (χ2v) is 14.6. The van der Waals surface area contributed by atoms with Crippen molar-refractivity contribution in [3.8, 4) is 56.4 Å². The summed E-state index contributed by atoms with van der Waals surface area (Å²) in [6.45, 7) is 9.46. The number of fused-ring (bicyclic) bond motifs is 5. The van der Waals surface area contributed by atoms with Crippen LogP contribution in [0.15, 0.2) is 152 Å². The van der Waals surface area contributed by atoms with E-state index in [1.165, 1.54) is 44.2 Å². The molecule has 3 heteroatoms. The normalized spacial score (nSPS) is 14.3. The molecule has 0 fully saturated rings. The molecule has 0 spiro atoms. The van der Waals surface area contributed by atoms with Crippen molar-refractivity contribution >= 4 is 21.5 Å². The van der Waals surface area contributed by atoms with Gasteiger partial charge in [-0.2, -0.15) is 0 Å². The lowest BCUT2D eigenvalue weighted by atomic mass is 9.55. The summed E-state index contributed by atoms with van der Waals surface area (Å²) in [6, 6.07) is 54.1. The van der Waals surface area contributed by atoms with Crippen molar-refractivity contribution in [2.75, 3.05) is 0 Å². The van der Waals surface area contributed by atoms with E-state index >= 15 is 0 Å². The fraction of sp³-hybridized carbons (Fsp3) is 0.128. The molecule has 7 aromatic carbocycles.